The monoisotopic (exact) mass is 184 g/mol. The van der Waals surface area contributed by atoms with Gasteiger partial charge in [-0.05, 0) is 26.3 Å². The van der Waals surface area contributed by atoms with Gasteiger partial charge in [0.25, 0.3) is 0 Å². The molecule has 0 aliphatic carbocycles. The largest absolute Gasteiger partial charge is 0.352 e. The molecule has 0 saturated carbocycles. The molecule has 1 unspecified atom stereocenters. The molecular weight excluding hydrogens is 164 g/mol. The van der Waals surface area contributed by atoms with Crippen molar-refractivity contribution in [3.05, 3.63) is 0 Å². The average Bonchev–Trinajstić information content (AvgIpc) is 2.08. The number of carbonyl (C=O) groups excluding carboxylic acids is 1. The lowest BCUT2D eigenvalue weighted by Crippen LogP contribution is -2.52. The third kappa shape index (κ3) is 2.99. The fourth-order valence-electron chi connectivity index (χ4n) is 1.59. The molecule has 3 heteroatoms. The molecule has 0 bridgehead atoms. The Morgan fingerprint density at radius 2 is 2.23 bits per heavy atom. The van der Waals surface area contributed by atoms with Crippen LogP contribution in [0.2, 0.25) is 0 Å². The molecule has 0 aromatic heterocycles. The Morgan fingerprint density at radius 1 is 1.54 bits per heavy atom. The summed E-state index contributed by atoms with van der Waals surface area (Å²) in [6, 6.07) is 0.736. The molecule has 1 aliphatic rings. The smallest absolute Gasteiger partial charge is 0.222 e. The van der Waals surface area contributed by atoms with E-state index >= 15 is 0 Å². The second kappa shape index (κ2) is 4.61. The molecule has 1 amide bonds. The van der Waals surface area contributed by atoms with Gasteiger partial charge in [0.1, 0.15) is 0 Å². The van der Waals surface area contributed by atoms with E-state index in [1.54, 1.807) is 0 Å². The number of amides is 1. The summed E-state index contributed by atoms with van der Waals surface area (Å²) in [4.78, 5) is 11.4. The maximum atomic E-state index is 11.4. The summed E-state index contributed by atoms with van der Waals surface area (Å²) < 4.78 is 0. The first kappa shape index (κ1) is 10.5. The summed E-state index contributed by atoms with van der Waals surface area (Å²) in [6.07, 6.45) is 2.26. The Labute approximate surface area is 80.3 Å². The summed E-state index contributed by atoms with van der Waals surface area (Å²) in [7, 11) is 0. The zero-order valence-electron chi connectivity index (χ0n) is 8.76. The zero-order valence-corrected chi connectivity index (χ0v) is 8.76. The first-order chi connectivity index (χ1) is 6.11. The van der Waals surface area contributed by atoms with Crippen molar-refractivity contribution in [2.75, 3.05) is 6.54 Å². The maximum Gasteiger partial charge on any atom is 0.222 e. The molecule has 13 heavy (non-hydrogen) atoms. The Hall–Kier alpha value is -0.570. The molecule has 1 aliphatic heterocycles. The highest BCUT2D eigenvalue weighted by atomic mass is 16.1. The Kier molecular flexibility index (Phi) is 3.72. The molecule has 1 saturated heterocycles. The number of nitrogens with one attached hydrogen (secondary N) is 2. The van der Waals surface area contributed by atoms with Gasteiger partial charge in [0.05, 0.1) is 0 Å². The van der Waals surface area contributed by atoms with E-state index in [9.17, 15) is 4.79 Å². The van der Waals surface area contributed by atoms with Gasteiger partial charge in [-0.25, -0.2) is 0 Å². The molecule has 0 aromatic rings. The number of hydrogen-bond donors (Lipinski definition) is 2. The number of hydrogen-bond acceptors (Lipinski definition) is 2. The van der Waals surface area contributed by atoms with Crippen molar-refractivity contribution in [3.63, 3.8) is 0 Å². The summed E-state index contributed by atoms with van der Waals surface area (Å²) in [6.45, 7) is 7.06. The van der Waals surface area contributed by atoms with Gasteiger partial charge >= 0.3 is 0 Å². The molecule has 2 atom stereocenters. The fraction of sp³-hybridized carbons (Fsp3) is 0.900. The van der Waals surface area contributed by atoms with Crippen molar-refractivity contribution in [3.8, 4) is 0 Å². The lowest BCUT2D eigenvalue weighted by Gasteiger charge is -2.31. The van der Waals surface area contributed by atoms with E-state index in [1.807, 2.05) is 13.8 Å². The summed E-state index contributed by atoms with van der Waals surface area (Å²) >= 11 is 0. The molecule has 1 rings (SSSR count). The summed E-state index contributed by atoms with van der Waals surface area (Å²) in [5.41, 5.74) is 0. The van der Waals surface area contributed by atoms with E-state index in [-0.39, 0.29) is 11.8 Å². The minimum Gasteiger partial charge on any atom is -0.352 e. The van der Waals surface area contributed by atoms with Crippen molar-refractivity contribution >= 4 is 5.91 Å². The van der Waals surface area contributed by atoms with Crippen LogP contribution < -0.4 is 10.6 Å². The molecule has 76 valence electrons. The quantitative estimate of drug-likeness (QED) is 0.669. The van der Waals surface area contributed by atoms with Crippen LogP contribution in [0, 0.1) is 5.92 Å². The molecular formula is C10H20N2O. The maximum absolute atomic E-state index is 11.4. The van der Waals surface area contributed by atoms with Crippen molar-refractivity contribution in [2.24, 2.45) is 5.92 Å². The lowest BCUT2D eigenvalue weighted by molar-refractivity contribution is -0.125. The van der Waals surface area contributed by atoms with Gasteiger partial charge in [0, 0.05) is 18.0 Å². The third-order valence-corrected chi connectivity index (χ3v) is 2.61. The van der Waals surface area contributed by atoms with Crippen LogP contribution in [0.3, 0.4) is 0 Å². The van der Waals surface area contributed by atoms with Crippen LogP contribution >= 0.6 is 0 Å². The predicted octanol–water partition coefficient (Wildman–Crippen LogP) is 0.899. The van der Waals surface area contributed by atoms with Gasteiger partial charge in [-0.1, -0.05) is 13.8 Å². The Balaban J connectivity index is 2.38. The standard InChI is InChI=1S/C10H20N2O/c1-7(2)10(13)12-9-5-4-6-11-8(9)3/h7-9,11H,4-6H2,1-3H3,(H,12,13)/t8?,9-/m0/s1. The normalized spacial score (nSPS) is 28.9. The van der Waals surface area contributed by atoms with Gasteiger partial charge in [0.15, 0.2) is 0 Å². The van der Waals surface area contributed by atoms with Gasteiger partial charge < -0.3 is 10.6 Å². The van der Waals surface area contributed by atoms with Crippen molar-refractivity contribution in [2.45, 2.75) is 45.7 Å². The number of carbonyl (C=O) groups is 1. The van der Waals surface area contributed by atoms with Crippen LogP contribution in [-0.4, -0.2) is 24.5 Å². The Bertz CT molecular complexity index is 180. The van der Waals surface area contributed by atoms with Crippen molar-refractivity contribution in [1.82, 2.24) is 10.6 Å². The number of rotatable bonds is 2. The molecule has 1 fully saturated rings. The SMILES string of the molecule is CC(C)C(=O)N[C@H]1CCCNC1C. The van der Waals surface area contributed by atoms with Crippen LogP contribution in [0.1, 0.15) is 33.6 Å². The van der Waals surface area contributed by atoms with Gasteiger partial charge in [-0.2, -0.15) is 0 Å². The first-order valence-electron chi connectivity index (χ1n) is 5.15. The van der Waals surface area contributed by atoms with Gasteiger partial charge in [-0.3, -0.25) is 4.79 Å². The van der Waals surface area contributed by atoms with Crippen LogP contribution in [0.15, 0.2) is 0 Å². The highest BCUT2D eigenvalue weighted by Crippen LogP contribution is 2.08. The fourth-order valence-corrected chi connectivity index (χ4v) is 1.59. The van der Waals surface area contributed by atoms with Crippen LogP contribution in [0.25, 0.3) is 0 Å². The van der Waals surface area contributed by atoms with Gasteiger partial charge in [0.2, 0.25) is 5.91 Å². The predicted molar refractivity (Wildman–Crippen MR) is 53.5 cm³/mol. The topological polar surface area (TPSA) is 41.1 Å². The number of piperidine rings is 1. The van der Waals surface area contributed by atoms with Crippen LogP contribution in [0.5, 0.6) is 0 Å². The summed E-state index contributed by atoms with van der Waals surface area (Å²) in [5.74, 6) is 0.259. The van der Waals surface area contributed by atoms with Crippen molar-refractivity contribution in [1.29, 1.82) is 0 Å². The molecule has 3 nitrogen and oxygen atoms in total. The third-order valence-electron chi connectivity index (χ3n) is 2.61. The van der Waals surface area contributed by atoms with E-state index in [0.29, 0.717) is 12.1 Å². The lowest BCUT2D eigenvalue weighted by atomic mass is 9.99. The van der Waals surface area contributed by atoms with E-state index < -0.39 is 0 Å². The first-order valence-corrected chi connectivity index (χ1v) is 5.15. The molecule has 0 aromatic carbocycles. The average molecular weight is 184 g/mol. The highest BCUT2D eigenvalue weighted by Gasteiger charge is 2.22. The second-order valence-corrected chi connectivity index (χ2v) is 4.15. The summed E-state index contributed by atoms with van der Waals surface area (Å²) in [5, 5.41) is 6.43. The van der Waals surface area contributed by atoms with Crippen molar-refractivity contribution < 1.29 is 4.79 Å². The minimum atomic E-state index is 0.0918. The molecule has 0 spiro atoms. The van der Waals surface area contributed by atoms with Crippen LogP contribution in [-0.2, 0) is 4.79 Å². The Morgan fingerprint density at radius 3 is 2.77 bits per heavy atom. The van der Waals surface area contributed by atoms with Gasteiger partial charge in [-0.15, -0.1) is 0 Å². The molecule has 1 heterocycles. The van der Waals surface area contributed by atoms with E-state index in [4.69, 9.17) is 0 Å². The zero-order chi connectivity index (χ0) is 9.84. The highest BCUT2D eigenvalue weighted by molar-refractivity contribution is 5.78. The molecule has 0 radical (unpaired) electrons. The second-order valence-electron chi connectivity index (χ2n) is 4.15. The van der Waals surface area contributed by atoms with Crippen LogP contribution in [0.4, 0.5) is 0 Å². The minimum absolute atomic E-state index is 0.0918. The van der Waals surface area contributed by atoms with E-state index in [2.05, 4.69) is 17.6 Å². The van der Waals surface area contributed by atoms with E-state index in [0.717, 1.165) is 19.4 Å². The molecule has 2 N–H and O–H groups in total. The van der Waals surface area contributed by atoms with E-state index in [1.165, 1.54) is 0 Å².